The lowest BCUT2D eigenvalue weighted by Crippen LogP contribution is -2.30. The van der Waals surface area contributed by atoms with E-state index >= 15 is 0 Å². The van der Waals surface area contributed by atoms with Crippen molar-refractivity contribution in [3.63, 3.8) is 0 Å². The number of ether oxygens (including phenoxy) is 6. The second-order valence-electron chi connectivity index (χ2n) is 15.2. The molecule has 0 aliphatic heterocycles. The fourth-order valence-corrected chi connectivity index (χ4v) is 9.47. The minimum absolute atomic E-state index is 0.437. The number of rotatable bonds is 12. The standard InChI is InChI=1S/C25H23N3O4.C25H23N3O3S/c1-29-20-11-17(12-21(30-2)24(20)31-3)25(16-7-5-4-6-8-16)10-9-18-19(13-25)27-28-23(18)22-14-26-15-32-22;1-29-20-13-17(14-21(30-2)23(20)31-3)25(16-7-5-4-6-8-16)10-9-18-19(15-25)27-28-22(18)24-26-11-12-32-24/h4-12,14-15H,13H2,1-3H3,(H,27,28);4-14H,15H2,1-3H3,(H,27,28). The van der Waals surface area contributed by atoms with Crippen molar-refractivity contribution in [3.05, 3.63) is 166 Å². The number of nitrogens with one attached hydrogen (secondary N) is 2. The zero-order valence-electron chi connectivity index (χ0n) is 36.2. The molecule has 4 aromatic carbocycles. The van der Waals surface area contributed by atoms with Crippen molar-refractivity contribution in [1.82, 2.24) is 30.4 Å². The number of oxazole rings is 1. The average molecular weight is 875 g/mol. The zero-order valence-corrected chi connectivity index (χ0v) is 37.0. The van der Waals surface area contributed by atoms with E-state index in [-0.39, 0.29) is 0 Å². The first kappa shape index (κ1) is 41.8. The quantitative estimate of drug-likeness (QED) is 0.121. The number of fused-ring (bicyclic) bond motifs is 2. The van der Waals surface area contributed by atoms with E-state index in [1.54, 1.807) is 66.4 Å². The van der Waals surface area contributed by atoms with Crippen molar-refractivity contribution >= 4 is 23.5 Å². The molecule has 0 saturated carbocycles. The molecule has 4 aromatic heterocycles. The van der Waals surface area contributed by atoms with Crippen LogP contribution < -0.4 is 28.4 Å². The van der Waals surface area contributed by atoms with Gasteiger partial charge < -0.3 is 32.8 Å². The van der Waals surface area contributed by atoms with Gasteiger partial charge in [0.25, 0.3) is 0 Å². The predicted octanol–water partition coefficient (Wildman–Crippen LogP) is 9.76. The lowest BCUT2D eigenvalue weighted by Gasteiger charge is -2.35. The molecule has 2 atom stereocenters. The molecular formula is C50H46N6O7S. The summed E-state index contributed by atoms with van der Waals surface area (Å²) in [5.74, 6) is 4.26. The van der Waals surface area contributed by atoms with Crippen molar-refractivity contribution in [3.8, 4) is 56.7 Å². The molecule has 2 aliphatic rings. The van der Waals surface area contributed by atoms with Crippen LogP contribution in [0.4, 0.5) is 0 Å². The molecule has 14 heteroatoms. The summed E-state index contributed by atoms with van der Waals surface area (Å²) in [6.45, 7) is 0. The monoisotopic (exact) mass is 874 g/mol. The summed E-state index contributed by atoms with van der Waals surface area (Å²) in [4.78, 5) is 8.46. The Balaban J connectivity index is 0.000000162. The molecule has 8 aromatic rings. The van der Waals surface area contributed by atoms with Gasteiger partial charge in [-0.1, -0.05) is 85.0 Å². The van der Waals surface area contributed by atoms with Gasteiger partial charge in [-0.2, -0.15) is 10.2 Å². The molecule has 13 nitrogen and oxygen atoms in total. The molecule has 0 amide bonds. The van der Waals surface area contributed by atoms with Crippen molar-refractivity contribution in [2.24, 2.45) is 0 Å². The van der Waals surface area contributed by atoms with Gasteiger partial charge in [-0.25, -0.2) is 9.97 Å². The van der Waals surface area contributed by atoms with Crippen molar-refractivity contribution < 1.29 is 32.8 Å². The highest BCUT2D eigenvalue weighted by molar-refractivity contribution is 7.13. The number of hydrogen-bond acceptors (Lipinski definition) is 12. The van der Waals surface area contributed by atoms with E-state index in [2.05, 4.69) is 91.1 Å². The van der Waals surface area contributed by atoms with Crippen LogP contribution in [0, 0.1) is 0 Å². The van der Waals surface area contributed by atoms with Gasteiger partial charge in [0, 0.05) is 57.8 Å². The highest BCUT2D eigenvalue weighted by Gasteiger charge is 2.40. The van der Waals surface area contributed by atoms with Crippen molar-refractivity contribution in [2.45, 2.75) is 23.7 Å². The van der Waals surface area contributed by atoms with Gasteiger partial charge in [-0.15, -0.1) is 11.3 Å². The van der Waals surface area contributed by atoms with Crippen LogP contribution in [0.2, 0.25) is 0 Å². The fraction of sp³-hybridized carbons (Fsp3) is 0.200. The molecule has 2 unspecified atom stereocenters. The van der Waals surface area contributed by atoms with Gasteiger partial charge in [0.1, 0.15) is 16.4 Å². The minimum atomic E-state index is -0.466. The Morgan fingerprint density at radius 3 is 1.45 bits per heavy atom. The lowest BCUT2D eigenvalue weighted by molar-refractivity contribution is 0.323. The molecule has 2 N–H and O–H groups in total. The number of aromatic amines is 2. The number of thiazole rings is 1. The second-order valence-corrected chi connectivity index (χ2v) is 16.0. The molecule has 2 aliphatic carbocycles. The third-order valence-electron chi connectivity index (χ3n) is 12.0. The number of H-pyrrole nitrogens is 2. The number of benzene rings is 4. The average Bonchev–Trinajstić information content (AvgIpc) is 4.21. The first-order chi connectivity index (χ1) is 31.4. The van der Waals surface area contributed by atoms with Crippen LogP contribution in [-0.2, 0) is 23.7 Å². The van der Waals surface area contributed by atoms with Crippen LogP contribution in [0.15, 0.2) is 126 Å². The van der Waals surface area contributed by atoms with E-state index in [4.69, 9.17) is 32.8 Å². The van der Waals surface area contributed by atoms with Gasteiger partial charge in [-0.3, -0.25) is 10.2 Å². The van der Waals surface area contributed by atoms with Crippen LogP contribution in [0.5, 0.6) is 34.5 Å². The van der Waals surface area contributed by atoms with E-state index in [0.29, 0.717) is 53.1 Å². The molecule has 0 bridgehead atoms. The lowest BCUT2D eigenvalue weighted by atomic mass is 9.68. The minimum Gasteiger partial charge on any atom is -0.493 e. The Labute approximate surface area is 374 Å². The molecule has 10 rings (SSSR count). The number of nitrogens with zero attached hydrogens (tertiary/aromatic N) is 4. The van der Waals surface area contributed by atoms with Gasteiger partial charge in [0.2, 0.25) is 11.5 Å². The Hall–Kier alpha value is -7.58. The molecule has 0 fully saturated rings. The summed E-state index contributed by atoms with van der Waals surface area (Å²) in [5.41, 5.74) is 9.28. The largest absolute Gasteiger partial charge is 0.493 e. The van der Waals surface area contributed by atoms with E-state index in [1.807, 2.05) is 53.9 Å². The van der Waals surface area contributed by atoms with E-state index < -0.39 is 10.8 Å². The van der Waals surface area contributed by atoms with Crippen LogP contribution >= 0.6 is 11.3 Å². The SMILES string of the molecule is COc1cc(C2(c3ccccc3)C=Cc3c(-c4cnco4)n[nH]c3C2)cc(OC)c1OC.COc1cc(C2(c3ccccc3)C=Cc3c(-c4nccs4)n[nH]c3C2)cc(OC)c1OC. The van der Waals surface area contributed by atoms with Gasteiger partial charge >= 0.3 is 0 Å². The first-order valence-electron chi connectivity index (χ1n) is 20.4. The highest BCUT2D eigenvalue weighted by Crippen LogP contribution is 2.50. The van der Waals surface area contributed by atoms with E-state index in [9.17, 15) is 0 Å². The smallest absolute Gasteiger partial charge is 0.203 e. The van der Waals surface area contributed by atoms with Crippen molar-refractivity contribution in [2.75, 3.05) is 42.7 Å². The van der Waals surface area contributed by atoms with Crippen LogP contribution in [0.1, 0.15) is 44.8 Å². The molecule has 0 radical (unpaired) electrons. The summed E-state index contributed by atoms with van der Waals surface area (Å²) < 4.78 is 39.2. The third-order valence-corrected chi connectivity index (χ3v) is 12.8. The number of methoxy groups -OCH3 is 6. The first-order valence-corrected chi connectivity index (χ1v) is 21.3. The molecule has 64 heavy (non-hydrogen) atoms. The Kier molecular flexibility index (Phi) is 11.5. The predicted molar refractivity (Wildman–Crippen MR) is 246 cm³/mol. The number of hydrogen-bond donors (Lipinski definition) is 2. The summed E-state index contributed by atoms with van der Waals surface area (Å²) >= 11 is 1.59. The second kappa shape index (κ2) is 17.7. The third kappa shape index (κ3) is 7.24. The Morgan fingerprint density at radius 1 is 0.578 bits per heavy atom. The summed E-state index contributed by atoms with van der Waals surface area (Å²) in [5, 5.41) is 18.5. The Morgan fingerprint density at radius 2 is 1.05 bits per heavy atom. The number of aromatic nitrogens is 6. The number of allylic oxidation sites excluding steroid dienone is 2. The summed E-state index contributed by atoms with van der Waals surface area (Å²) in [7, 11) is 9.76. The highest BCUT2D eigenvalue weighted by atomic mass is 32.1. The van der Waals surface area contributed by atoms with Crippen LogP contribution in [0.3, 0.4) is 0 Å². The fourth-order valence-electron chi connectivity index (χ4n) is 8.83. The van der Waals surface area contributed by atoms with Crippen LogP contribution in [-0.4, -0.2) is 73.0 Å². The van der Waals surface area contributed by atoms with E-state index in [0.717, 1.165) is 55.6 Å². The summed E-state index contributed by atoms with van der Waals surface area (Å²) in [6, 6.07) is 28.9. The maximum absolute atomic E-state index is 5.66. The van der Waals surface area contributed by atoms with Gasteiger partial charge in [0.15, 0.2) is 35.2 Å². The van der Waals surface area contributed by atoms with Crippen LogP contribution in [0.25, 0.3) is 34.3 Å². The maximum Gasteiger partial charge on any atom is 0.203 e. The molecule has 4 heterocycles. The maximum atomic E-state index is 5.66. The van der Waals surface area contributed by atoms with Gasteiger partial charge in [0.05, 0.1) is 48.9 Å². The molecule has 324 valence electrons. The summed E-state index contributed by atoms with van der Waals surface area (Å²) in [6.07, 6.45) is 15.0. The Bertz CT molecular complexity index is 2680. The zero-order chi connectivity index (χ0) is 44.3. The van der Waals surface area contributed by atoms with Gasteiger partial charge in [-0.05, 0) is 46.5 Å². The van der Waals surface area contributed by atoms with Crippen molar-refractivity contribution in [1.29, 1.82) is 0 Å². The normalized spacial score (nSPS) is 17.1. The topological polar surface area (TPSA) is 152 Å². The van der Waals surface area contributed by atoms with E-state index in [1.165, 1.54) is 12.0 Å². The molecular weight excluding hydrogens is 829 g/mol. The molecule has 0 saturated heterocycles. The molecule has 0 spiro atoms.